The van der Waals surface area contributed by atoms with Crippen LogP contribution in [0.1, 0.15) is 51.0 Å². The van der Waals surface area contributed by atoms with Gasteiger partial charge in [0.2, 0.25) is 5.91 Å². The molecule has 0 spiro atoms. The Bertz CT molecular complexity index is 677. The molecular formula is C22H35IN4O2. The van der Waals surface area contributed by atoms with E-state index in [2.05, 4.69) is 21.7 Å². The topological polar surface area (TPSA) is 66.0 Å². The van der Waals surface area contributed by atoms with Crippen molar-refractivity contribution < 1.29 is 9.53 Å². The molecule has 3 rings (SSSR count). The summed E-state index contributed by atoms with van der Waals surface area (Å²) in [5, 5.41) is 6.85. The van der Waals surface area contributed by atoms with Crippen molar-refractivity contribution >= 4 is 35.8 Å². The zero-order valence-electron chi connectivity index (χ0n) is 17.7. The molecular weight excluding hydrogens is 479 g/mol. The monoisotopic (exact) mass is 514 g/mol. The Kier molecular flexibility index (Phi) is 10.0. The van der Waals surface area contributed by atoms with Gasteiger partial charge in [-0.25, -0.2) is 0 Å². The number of nitrogens with one attached hydrogen (secondary N) is 2. The molecule has 6 nitrogen and oxygen atoms in total. The SMILES string of the molecule is CCOc1cccc(CNC(=NC)NC2CCN(C(=O)C3CCCCC3)C2)c1.I. The molecule has 1 aromatic rings. The minimum Gasteiger partial charge on any atom is -0.494 e. The van der Waals surface area contributed by atoms with Crippen LogP contribution in [-0.4, -0.2) is 49.6 Å². The Morgan fingerprint density at radius 3 is 2.76 bits per heavy atom. The molecule has 1 unspecified atom stereocenters. The van der Waals surface area contributed by atoms with Crippen molar-refractivity contribution in [3.05, 3.63) is 29.8 Å². The molecule has 1 heterocycles. The number of carbonyl (C=O) groups excluding carboxylic acids is 1. The Hall–Kier alpha value is -1.51. The minimum atomic E-state index is 0. The van der Waals surface area contributed by atoms with Crippen molar-refractivity contribution in [3.8, 4) is 5.75 Å². The largest absolute Gasteiger partial charge is 0.494 e. The average molecular weight is 514 g/mol. The van der Waals surface area contributed by atoms with Gasteiger partial charge in [-0.05, 0) is 43.9 Å². The van der Waals surface area contributed by atoms with Gasteiger partial charge < -0.3 is 20.3 Å². The van der Waals surface area contributed by atoms with Crippen LogP contribution in [0, 0.1) is 5.92 Å². The van der Waals surface area contributed by atoms with Gasteiger partial charge in [0, 0.05) is 38.6 Å². The molecule has 0 aromatic heterocycles. The van der Waals surface area contributed by atoms with Gasteiger partial charge in [0.1, 0.15) is 5.75 Å². The lowest BCUT2D eigenvalue weighted by Gasteiger charge is -2.26. The molecule has 2 fully saturated rings. The van der Waals surface area contributed by atoms with E-state index in [0.717, 1.165) is 49.6 Å². The van der Waals surface area contributed by atoms with Crippen molar-refractivity contribution in [2.75, 3.05) is 26.7 Å². The fraction of sp³-hybridized carbons (Fsp3) is 0.636. The molecule has 2 N–H and O–H groups in total. The standard InChI is InChI=1S/C22H34N4O2.HI/c1-3-28-20-11-7-8-17(14-20)15-24-22(23-2)25-19-12-13-26(16-19)21(27)18-9-5-4-6-10-18;/h7-8,11,14,18-19H,3-6,9-10,12-13,15-16H2,1-2H3,(H2,23,24,25);1H. The van der Waals surface area contributed by atoms with Crippen LogP contribution >= 0.6 is 24.0 Å². The van der Waals surface area contributed by atoms with Gasteiger partial charge in [-0.1, -0.05) is 31.4 Å². The number of ether oxygens (including phenoxy) is 1. The molecule has 1 atom stereocenters. The number of nitrogens with zero attached hydrogens (tertiary/aromatic N) is 2. The predicted molar refractivity (Wildman–Crippen MR) is 128 cm³/mol. The average Bonchev–Trinajstić information content (AvgIpc) is 3.20. The van der Waals surface area contributed by atoms with Gasteiger partial charge >= 0.3 is 0 Å². The summed E-state index contributed by atoms with van der Waals surface area (Å²) in [6.45, 7) is 4.95. The van der Waals surface area contributed by atoms with Crippen molar-refractivity contribution in [3.63, 3.8) is 0 Å². The van der Waals surface area contributed by atoms with Gasteiger partial charge in [-0.3, -0.25) is 9.79 Å². The van der Waals surface area contributed by atoms with Crippen LogP contribution in [0.5, 0.6) is 5.75 Å². The van der Waals surface area contributed by atoms with Crippen LogP contribution in [0.3, 0.4) is 0 Å². The lowest BCUT2D eigenvalue weighted by atomic mass is 9.88. The molecule has 1 saturated heterocycles. The second kappa shape index (κ2) is 12.2. The molecule has 0 bridgehead atoms. The number of likely N-dealkylation sites (tertiary alicyclic amines) is 1. The highest BCUT2D eigenvalue weighted by molar-refractivity contribution is 14.0. The number of guanidine groups is 1. The number of hydrogen-bond acceptors (Lipinski definition) is 3. The van der Waals surface area contributed by atoms with E-state index in [1.165, 1.54) is 19.3 Å². The summed E-state index contributed by atoms with van der Waals surface area (Å²) in [7, 11) is 1.78. The Morgan fingerprint density at radius 1 is 1.24 bits per heavy atom. The number of rotatable bonds is 6. The summed E-state index contributed by atoms with van der Waals surface area (Å²) >= 11 is 0. The van der Waals surface area contributed by atoms with Crippen molar-refractivity contribution in [2.45, 2.75) is 58.0 Å². The van der Waals surface area contributed by atoms with E-state index in [9.17, 15) is 4.79 Å². The van der Waals surface area contributed by atoms with Gasteiger partial charge in [-0.15, -0.1) is 24.0 Å². The minimum absolute atomic E-state index is 0. The number of carbonyl (C=O) groups is 1. The molecule has 1 saturated carbocycles. The Morgan fingerprint density at radius 2 is 2.03 bits per heavy atom. The van der Waals surface area contributed by atoms with Gasteiger partial charge in [-0.2, -0.15) is 0 Å². The first kappa shape index (κ1) is 23.8. The normalized spacial score (nSPS) is 20.1. The predicted octanol–water partition coefficient (Wildman–Crippen LogP) is 3.55. The summed E-state index contributed by atoms with van der Waals surface area (Å²) < 4.78 is 5.56. The highest BCUT2D eigenvalue weighted by Crippen LogP contribution is 2.26. The number of benzene rings is 1. The van der Waals surface area contributed by atoms with E-state index in [4.69, 9.17) is 4.74 Å². The molecule has 2 aliphatic rings. The Labute approximate surface area is 191 Å². The summed E-state index contributed by atoms with van der Waals surface area (Å²) in [5.41, 5.74) is 1.15. The zero-order valence-corrected chi connectivity index (χ0v) is 20.0. The lowest BCUT2D eigenvalue weighted by molar-refractivity contribution is -0.135. The number of halogens is 1. The van der Waals surface area contributed by atoms with Crippen LogP contribution < -0.4 is 15.4 Å². The van der Waals surface area contributed by atoms with E-state index in [0.29, 0.717) is 19.1 Å². The molecule has 29 heavy (non-hydrogen) atoms. The van der Waals surface area contributed by atoms with Crippen LogP contribution in [0.15, 0.2) is 29.3 Å². The third-order valence-electron chi connectivity index (χ3n) is 5.69. The van der Waals surface area contributed by atoms with E-state index >= 15 is 0 Å². The van der Waals surface area contributed by atoms with E-state index in [-0.39, 0.29) is 35.9 Å². The third kappa shape index (κ3) is 7.04. The Balaban J connectivity index is 0.00000300. The van der Waals surface area contributed by atoms with Crippen molar-refractivity contribution in [2.24, 2.45) is 10.9 Å². The van der Waals surface area contributed by atoms with E-state index < -0.39 is 0 Å². The maximum atomic E-state index is 12.7. The van der Waals surface area contributed by atoms with E-state index in [1.807, 2.05) is 30.0 Å². The maximum Gasteiger partial charge on any atom is 0.225 e. The maximum absolute atomic E-state index is 12.7. The van der Waals surface area contributed by atoms with Gasteiger partial charge in [0.25, 0.3) is 0 Å². The number of aliphatic imine (C=N–C) groups is 1. The second-order valence-corrected chi connectivity index (χ2v) is 7.76. The molecule has 1 aliphatic heterocycles. The van der Waals surface area contributed by atoms with Gasteiger partial charge in [0.05, 0.1) is 6.61 Å². The lowest BCUT2D eigenvalue weighted by Crippen LogP contribution is -2.45. The molecule has 0 radical (unpaired) electrons. The summed E-state index contributed by atoms with van der Waals surface area (Å²) in [6.07, 6.45) is 6.79. The van der Waals surface area contributed by atoms with Crippen LogP contribution in [0.4, 0.5) is 0 Å². The van der Waals surface area contributed by atoms with E-state index in [1.54, 1.807) is 7.05 Å². The fourth-order valence-electron chi connectivity index (χ4n) is 4.17. The number of amides is 1. The molecule has 1 aliphatic carbocycles. The van der Waals surface area contributed by atoms with Crippen LogP contribution in [0.2, 0.25) is 0 Å². The van der Waals surface area contributed by atoms with Crippen molar-refractivity contribution in [1.29, 1.82) is 0 Å². The highest BCUT2D eigenvalue weighted by Gasteiger charge is 2.31. The fourth-order valence-corrected chi connectivity index (χ4v) is 4.17. The van der Waals surface area contributed by atoms with Gasteiger partial charge in [0.15, 0.2) is 5.96 Å². The number of hydrogen-bond donors (Lipinski definition) is 2. The van der Waals surface area contributed by atoms with Crippen LogP contribution in [0.25, 0.3) is 0 Å². The first-order valence-corrected chi connectivity index (χ1v) is 10.7. The highest BCUT2D eigenvalue weighted by atomic mass is 127. The second-order valence-electron chi connectivity index (χ2n) is 7.76. The van der Waals surface area contributed by atoms with Crippen LogP contribution in [-0.2, 0) is 11.3 Å². The summed E-state index contributed by atoms with van der Waals surface area (Å²) in [5.74, 6) is 2.28. The molecule has 7 heteroatoms. The first-order chi connectivity index (χ1) is 13.7. The summed E-state index contributed by atoms with van der Waals surface area (Å²) in [6, 6.07) is 8.35. The molecule has 1 amide bonds. The quantitative estimate of drug-likeness (QED) is 0.346. The first-order valence-electron chi connectivity index (χ1n) is 10.7. The smallest absolute Gasteiger partial charge is 0.225 e. The molecule has 162 valence electrons. The summed E-state index contributed by atoms with van der Waals surface area (Å²) in [4.78, 5) is 19.1. The van der Waals surface area contributed by atoms with Crippen molar-refractivity contribution in [1.82, 2.24) is 15.5 Å². The zero-order chi connectivity index (χ0) is 19.8. The third-order valence-corrected chi connectivity index (χ3v) is 5.69. The molecule has 1 aromatic carbocycles.